The summed E-state index contributed by atoms with van der Waals surface area (Å²) in [6.07, 6.45) is 7.24. The maximum Gasteiger partial charge on any atom is 0.0168 e. The van der Waals surface area contributed by atoms with E-state index in [0.29, 0.717) is 5.25 Å². The van der Waals surface area contributed by atoms with Crippen LogP contribution in [0.4, 0.5) is 0 Å². The van der Waals surface area contributed by atoms with Gasteiger partial charge in [-0.15, -0.1) is 0 Å². The molecule has 8 heavy (non-hydrogen) atoms. The van der Waals surface area contributed by atoms with E-state index < -0.39 is 0 Å². The molecule has 0 heterocycles. The van der Waals surface area contributed by atoms with Gasteiger partial charge in [0.1, 0.15) is 0 Å². The predicted molar refractivity (Wildman–Crippen MR) is 40.3 cm³/mol. The van der Waals surface area contributed by atoms with E-state index in [1.54, 1.807) is 0 Å². The summed E-state index contributed by atoms with van der Waals surface area (Å²) in [5, 5.41) is 0.440. The molecule has 46 valence electrons. The Bertz CT molecular complexity index is 86.6. The first-order chi connectivity index (χ1) is 3.79. The first kappa shape index (κ1) is 6.21. The Labute approximate surface area is 56.4 Å². The summed E-state index contributed by atoms with van der Waals surface area (Å²) >= 11 is 4.21. The fourth-order valence-electron chi connectivity index (χ4n) is 0.607. The summed E-state index contributed by atoms with van der Waals surface area (Å²) in [6, 6.07) is 0. The third-order valence-corrected chi connectivity index (χ3v) is 1.46. The van der Waals surface area contributed by atoms with Gasteiger partial charge in [0.2, 0.25) is 0 Å². The molecule has 1 aliphatic carbocycles. The van der Waals surface area contributed by atoms with Gasteiger partial charge < -0.3 is 0 Å². The predicted octanol–water partition coefficient (Wildman–Crippen LogP) is 2.27. The highest BCUT2D eigenvalue weighted by atomic mass is 32.1. The molecule has 0 aromatic heterocycles. The van der Waals surface area contributed by atoms with Crippen molar-refractivity contribution in [3.8, 4) is 0 Å². The second kappa shape index (κ2) is 2.58. The highest BCUT2D eigenvalue weighted by Gasteiger charge is 2.16. The Kier molecular flexibility index (Phi) is 2.01. The smallest absolute Gasteiger partial charge is 0.0168 e. The van der Waals surface area contributed by atoms with E-state index in [1.165, 1.54) is 12.8 Å². The number of thiol groups is 1. The van der Waals surface area contributed by atoms with Gasteiger partial charge in [-0.3, -0.25) is 0 Å². The first-order valence-corrected chi connectivity index (χ1v) is 3.67. The summed E-state index contributed by atoms with van der Waals surface area (Å²) in [7, 11) is 0. The van der Waals surface area contributed by atoms with Crippen molar-refractivity contribution in [3.63, 3.8) is 0 Å². The van der Waals surface area contributed by atoms with Crippen LogP contribution in [0.3, 0.4) is 0 Å². The summed E-state index contributed by atoms with van der Waals surface area (Å²) in [4.78, 5) is 0. The number of hydrogen-bond acceptors (Lipinski definition) is 1. The summed E-state index contributed by atoms with van der Waals surface area (Å²) in [6.45, 7) is 2.09. The SMILES string of the molecule is CC(S)/C=C/C1CC1. The van der Waals surface area contributed by atoms with Crippen molar-refractivity contribution in [1.82, 2.24) is 0 Å². The molecule has 0 saturated heterocycles. The van der Waals surface area contributed by atoms with Crippen LogP contribution in [-0.4, -0.2) is 5.25 Å². The third kappa shape index (κ3) is 2.41. The zero-order valence-electron chi connectivity index (χ0n) is 5.17. The molecule has 0 N–H and O–H groups in total. The molecule has 1 heteroatoms. The molecular formula is C7H12S. The maximum absolute atomic E-state index is 4.21. The molecule has 1 atom stereocenters. The quantitative estimate of drug-likeness (QED) is 0.428. The van der Waals surface area contributed by atoms with Crippen LogP contribution >= 0.6 is 12.6 Å². The average molecular weight is 128 g/mol. The molecule has 1 aliphatic rings. The van der Waals surface area contributed by atoms with Crippen LogP contribution in [0.5, 0.6) is 0 Å². The Morgan fingerprint density at radius 2 is 2.25 bits per heavy atom. The number of allylic oxidation sites excluding steroid dienone is 1. The van der Waals surface area contributed by atoms with Gasteiger partial charge in [0.15, 0.2) is 0 Å². The topological polar surface area (TPSA) is 0 Å². The highest BCUT2D eigenvalue weighted by Crippen LogP contribution is 2.30. The van der Waals surface area contributed by atoms with Gasteiger partial charge in [-0.25, -0.2) is 0 Å². The first-order valence-electron chi connectivity index (χ1n) is 3.15. The second-order valence-electron chi connectivity index (χ2n) is 2.46. The lowest BCUT2D eigenvalue weighted by Gasteiger charge is -1.89. The van der Waals surface area contributed by atoms with Gasteiger partial charge in [0.05, 0.1) is 0 Å². The summed E-state index contributed by atoms with van der Waals surface area (Å²) in [5.41, 5.74) is 0. The van der Waals surface area contributed by atoms with Crippen molar-refractivity contribution in [2.24, 2.45) is 5.92 Å². The lowest BCUT2D eigenvalue weighted by atomic mass is 10.3. The molecular weight excluding hydrogens is 116 g/mol. The fraction of sp³-hybridized carbons (Fsp3) is 0.714. The van der Waals surface area contributed by atoms with Gasteiger partial charge in [0, 0.05) is 5.25 Å². The minimum Gasteiger partial charge on any atom is -0.172 e. The van der Waals surface area contributed by atoms with Gasteiger partial charge in [-0.1, -0.05) is 19.1 Å². The fourth-order valence-corrected chi connectivity index (χ4v) is 0.706. The molecule has 0 radical (unpaired) electrons. The zero-order valence-corrected chi connectivity index (χ0v) is 6.07. The second-order valence-corrected chi connectivity index (χ2v) is 3.28. The lowest BCUT2D eigenvalue weighted by Crippen LogP contribution is -1.80. The molecule has 0 bridgehead atoms. The Morgan fingerprint density at radius 3 is 2.62 bits per heavy atom. The van der Waals surface area contributed by atoms with E-state index >= 15 is 0 Å². The van der Waals surface area contributed by atoms with Gasteiger partial charge >= 0.3 is 0 Å². The molecule has 0 aromatic rings. The van der Waals surface area contributed by atoms with Crippen LogP contribution in [0.25, 0.3) is 0 Å². The van der Waals surface area contributed by atoms with Crippen molar-refractivity contribution in [2.75, 3.05) is 0 Å². The van der Waals surface area contributed by atoms with Crippen LogP contribution in [-0.2, 0) is 0 Å². The Hall–Kier alpha value is 0.0900. The van der Waals surface area contributed by atoms with E-state index in [9.17, 15) is 0 Å². The largest absolute Gasteiger partial charge is 0.172 e. The minimum absolute atomic E-state index is 0.440. The lowest BCUT2D eigenvalue weighted by molar-refractivity contribution is 1.10. The Balaban J connectivity index is 2.13. The monoisotopic (exact) mass is 128 g/mol. The molecule has 1 unspecified atom stereocenters. The maximum atomic E-state index is 4.21. The van der Waals surface area contributed by atoms with Gasteiger partial charge in [-0.2, -0.15) is 12.6 Å². The molecule has 0 spiro atoms. The normalized spacial score (nSPS) is 24.2. The van der Waals surface area contributed by atoms with Crippen molar-refractivity contribution in [2.45, 2.75) is 25.0 Å². The van der Waals surface area contributed by atoms with Crippen LogP contribution in [0.15, 0.2) is 12.2 Å². The van der Waals surface area contributed by atoms with Crippen LogP contribution in [0.2, 0.25) is 0 Å². The standard InChI is InChI=1S/C7H12S/c1-6(8)2-3-7-4-5-7/h2-3,6-8H,4-5H2,1H3/b3-2+. The number of rotatable bonds is 2. The van der Waals surface area contributed by atoms with E-state index in [0.717, 1.165) is 5.92 Å². The van der Waals surface area contributed by atoms with Gasteiger partial charge in [0.25, 0.3) is 0 Å². The average Bonchev–Trinajstić information content (AvgIpc) is 2.41. The van der Waals surface area contributed by atoms with Gasteiger partial charge in [-0.05, 0) is 18.8 Å². The summed E-state index contributed by atoms with van der Waals surface area (Å²) in [5.74, 6) is 0.907. The third-order valence-electron chi connectivity index (χ3n) is 1.28. The van der Waals surface area contributed by atoms with Crippen molar-refractivity contribution >= 4 is 12.6 Å². The van der Waals surface area contributed by atoms with Crippen LogP contribution < -0.4 is 0 Å². The molecule has 1 rings (SSSR count). The zero-order chi connectivity index (χ0) is 5.98. The van der Waals surface area contributed by atoms with E-state index in [4.69, 9.17) is 0 Å². The van der Waals surface area contributed by atoms with E-state index in [1.807, 2.05) is 0 Å². The van der Waals surface area contributed by atoms with E-state index in [-0.39, 0.29) is 0 Å². The molecule has 0 aromatic carbocycles. The van der Waals surface area contributed by atoms with Crippen LogP contribution in [0.1, 0.15) is 19.8 Å². The molecule has 0 aliphatic heterocycles. The summed E-state index contributed by atoms with van der Waals surface area (Å²) < 4.78 is 0. The van der Waals surface area contributed by atoms with Crippen molar-refractivity contribution < 1.29 is 0 Å². The van der Waals surface area contributed by atoms with Crippen LogP contribution in [0, 0.1) is 5.92 Å². The minimum atomic E-state index is 0.440. The highest BCUT2D eigenvalue weighted by molar-refractivity contribution is 7.81. The van der Waals surface area contributed by atoms with E-state index in [2.05, 4.69) is 31.7 Å². The van der Waals surface area contributed by atoms with Crippen molar-refractivity contribution in [3.05, 3.63) is 12.2 Å². The molecule has 0 nitrogen and oxygen atoms in total. The molecule has 1 fully saturated rings. The molecule has 0 amide bonds. The molecule has 1 saturated carbocycles. The van der Waals surface area contributed by atoms with Crippen molar-refractivity contribution in [1.29, 1.82) is 0 Å². The number of hydrogen-bond donors (Lipinski definition) is 1. The Morgan fingerprint density at radius 1 is 1.62 bits per heavy atom.